The van der Waals surface area contributed by atoms with Gasteiger partial charge in [0, 0.05) is 32.2 Å². The molecule has 6 nitrogen and oxygen atoms in total. The van der Waals surface area contributed by atoms with Crippen LogP contribution in [0.1, 0.15) is 31.7 Å². The van der Waals surface area contributed by atoms with Gasteiger partial charge in [-0.15, -0.1) is 24.0 Å². The highest BCUT2D eigenvalue weighted by atomic mass is 127. The monoisotopic (exact) mass is 492 g/mol. The Balaban J connectivity index is 0.00000676. The molecule has 7 heteroatoms. The summed E-state index contributed by atoms with van der Waals surface area (Å²) in [7, 11) is 4.13. The Labute approximate surface area is 181 Å². The number of nitrogens with one attached hydrogen (secondary N) is 2. The molecule has 0 amide bonds. The highest BCUT2D eigenvalue weighted by molar-refractivity contribution is 14.0. The van der Waals surface area contributed by atoms with Crippen molar-refractivity contribution in [1.82, 2.24) is 15.5 Å². The Morgan fingerprint density at radius 3 is 2.44 bits per heavy atom. The average molecular weight is 492 g/mol. The van der Waals surface area contributed by atoms with Crippen LogP contribution in [0.4, 0.5) is 0 Å². The van der Waals surface area contributed by atoms with Crippen LogP contribution in [0.5, 0.6) is 0 Å². The van der Waals surface area contributed by atoms with Crippen LogP contribution < -0.4 is 10.6 Å². The molecule has 0 saturated heterocycles. The molecule has 0 heterocycles. The first kappa shape index (κ1) is 26.1. The van der Waals surface area contributed by atoms with Crippen molar-refractivity contribution in [3.8, 4) is 0 Å². The largest absolute Gasteiger partial charge is 0.396 e. The van der Waals surface area contributed by atoms with Crippen LogP contribution in [0.3, 0.4) is 0 Å². The normalized spacial score (nSPS) is 13.8. The molecule has 3 N–H and O–H groups in total. The predicted molar refractivity (Wildman–Crippen MR) is 124 cm³/mol. The standard InChI is InChI=1S/C20H36N4O2.HI/c1-5-21-20(23-15-19(26-6-2)12-13-24(3)4)22-14-18(16-25)17-10-8-7-9-11-17;/h7-11,18-19,25H,5-6,12-16H2,1-4H3,(H2,21,22,23);1H. The van der Waals surface area contributed by atoms with Crippen LogP contribution in [-0.2, 0) is 4.74 Å². The maximum atomic E-state index is 9.71. The van der Waals surface area contributed by atoms with Crippen molar-refractivity contribution >= 4 is 29.9 Å². The van der Waals surface area contributed by atoms with Crippen molar-refractivity contribution in [1.29, 1.82) is 0 Å². The van der Waals surface area contributed by atoms with Gasteiger partial charge < -0.3 is 25.4 Å². The summed E-state index contributed by atoms with van der Waals surface area (Å²) in [5.74, 6) is 0.799. The van der Waals surface area contributed by atoms with Crippen molar-refractivity contribution in [3.63, 3.8) is 0 Å². The minimum Gasteiger partial charge on any atom is -0.396 e. The molecule has 2 atom stereocenters. The van der Waals surface area contributed by atoms with Gasteiger partial charge in [-0.1, -0.05) is 30.3 Å². The van der Waals surface area contributed by atoms with Crippen molar-refractivity contribution in [2.45, 2.75) is 32.3 Å². The Bertz CT molecular complexity index is 500. The van der Waals surface area contributed by atoms with Gasteiger partial charge in [-0.05, 0) is 39.9 Å². The van der Waals surface area contributed by atoms with E-state index in [0.717, 1.165) is 31.0 Å². The maximum absolute atomic E-state index is 9.71. The number of ether oxygens (including phenoxy) is 1. The second kappa shape index (κ2) is 16.1. The minimum atomic E-state index is 0. The van der Waals surface area contributed by atoms with E-state index in [9.17, 15) is 5.11 Å². The Morgan fingerprint density at radius 2 is 1.89 bits per heavy atom. The topological polar surface area (TPSA) is 69.1 Å². The maximum Gasteiger partial charge on any atom is 0.191 e. The molecule has 0 saturated carbocycles. The molecule has 0 aliphatic carbocycles. The van der Waals surface area contributed by atoms with Crippen LogP contribution in [-0.4, -0.2) is 75.6 Å². The van der Waals surface area contributed by atoms with Gasteiger partial charge in [0.05, 0.1) is 19.3 Å². The van der Waals surface area contributed by atoms with Gasteiger partial charge in [-0.2, -0.15) is 0 Å². The van der Waals surface area contributed by atoms with Gasteiger partial charge >= 0.3 is 0 Å². The molecule has 156 valence electrons. The number of nitrogens with zero attached hydrogens (tertiary/aromatic N) is 2. The zero-order chi connectivity index (χ0) is 19.2. The van der Waals surface area contributed by atoms with Crippen LogP contribution in [0.2, 0.25) is 0 Å². The lowest BCUT2D eigenvalue weighted by Gasteiger charge is -2.20. The quantitative estimate of drug-likeness (QED) is 0.237. The number of rotatable bonds is 12. The van der Waals surface area contributed by atoms with E-state index in [-0.39, 0.29) is 42.6 Å². The third kappa shape index (κ3) is 11.5. The lowest BCUT2D eigenvalue weighted by atomic mass is 10.0. The number of aliphatic hydroxyl groups excluding tert-OH is 1. The molecule has 0 fully saturated rings. The number of aliphatic hydroxyl groups is 1. The lowest BCUT2D eigenvalue weighted by molar-refractivity contribution is 0.0582. The van der Waals surface area contributed by atoms with E-state index in [1.165, 1.54) is 0 Å². The molecule has 2 unspecified atom stereocenters. The second-order valence-electron chi connectivity index (χ2n) is 6.56. The summed E-state index contributed by atoms with van der Waals surface area (Å²) in [6, 6.07) is 10.1. The molecule has 0 radical (unpaired) electrons. The van der Waals surface area contributed by atoms with E-state index >= 15 is 0 Å². The van der Waals surface area contributed by atoms with E-state index in [1.54, 1.807) is 0 Å². The van der Waals surface area contributed by atoms with Gasteiger partial charge in [0.25, 0.3) is 0 Å². The summed E-state index contributed by atoms with van der Waals surface area (Å²) in [6.45, 7) is 7.86. The molecule has 0 bridgehead atoms. The minimum absolute atomic E-state index is 0. The summed E-state index contributed by atoms with van der Waals surface area (Å²) in [5.41, 5.74) is 1.12. The Morgan fingerprint density at radius 1 is 1.19 bits per heavy atom. The molecule has 0 aliphatic rings. The number of guanidine groups is 1. The molecule has 1 aromatic rings. The van der Waals surface area contributed by atoms with E-state index < -0.39 is 0 Å². The van der Waals surface area contributed by atoms with Crippen LogP contribution in [0.25, 0.3) is 0 Å². The van der Waals surface area contributed by atoms with Crippen molar-refractivity contribution in [2.75, 3.05) is 53.5 Å². The third-order valence-electron chi connectivity index (χ3n) is 4.11. The summed E-state index contributed by atoms with van der Waals surface area (Å²) >= 11 is 0. The Kier molecular flexibility index (Phi) is 15.6. The second-order valence-corrected chi connectivity index (χ2v) is 6.56. The van der Waals surface area contributed by atoms with E-state index in [2.05, 4.69) is 34.6 Å². The van der Waals surface area contributed by atoms with Crippen molar-refractivity contribution in [2.24, 2.45) is 4.99 Å². The van der Waals surface area contributed by atoms with Crippen LogP contribution in [0.15, 0.2) is 35.3 Å². The van der Waals surface area contributed by atoms with Gasteiger partial charge in [0.1, 0.15) is 0 Å². The van der Waals surface area contributed by atoms with Gasteiger partial charge in [0.15, 0.2) is 5.96 Å². The molecule has 0 aromatic heterocycles. The van der Waals surface area contributed by atoms with Crippen molar-refractivity contribution in [3.05, 3.63) is 35.9 Å². The summed E-state index contributed by atoms with van der Waals surface area (Å²) < 4.78 is 5.81. The molecular formula is C20H37IN4O2. The van der Waals surface area contributed by atoms with E-state index in [0.29, 0.717) is 19.7 Å². The smallest absolute Gasteiger partial charge is 0.191 e. The zero-order valence-corrected chi connectivity index (χ0v) is 19.5. The fourth-order valence-electron chi connectivity index (χ4n) is 2.63. The first-order chi connectivity index (χ1) is 12.6. The van der Waals surface area contributed by atoms with E-state index in [1.807, 2.05) is 44.2 Å². The summed E-state index contributed by atoms with van der Waals surface area (Å²) in [5, 5.41) is 16.3. The Hall–Kier alpha value is -0.900. The number of benzene rings is 1. The van der Waals surface area contributed by atoms with Crippen molar-refractivity contribution < 1.29 is 9.84 Å². The first-order valence-electron chi connectivity index (χ1n) is 9.54. The van der Waals surface area contributed by atoms with Crippen LogP contribution >= 0.6 is 24.0 Å². The number of hydrogen-bond acceptors (Lipinski definition) is 4. The molecular weight excluding hydrogens is 455 g/mol. The van der Waals surface area contributed by atoms with Gasteiger partial charge in [-0.25, -0.2) is 0 Å². The summed E-state index contributed by atoms with van der Waals surface area (Å²) in [6.07, 6.45) is 1.06. The highest BCUT2D eigenvalue weighted by Gasteiger charge is 2.12. The number of halogens is 1. The third-order valence-corrected chi connectivity index (χ3v) is 4.11. The number of hydrogen-bond donors (Lipinski definition) is 3. The van der Waals surface area contributed by atoms with E-state index in [4.69, 9.17) is 4.74 Å². The number of aliphatic imine (C=N–C) groups is 1. The fraction of sp³-hybridized carbons (Fsp3) is 0.650. The van der Waals surface area contributed by atoms with Gasteiger partial charge in [-0.3, -0.25) is 4.99 Å². The zero-order valence-electron chi connectivity index (χ0n) is 17.1. The first-order valence-corrected chi connectivity index (χ1v) is 9.54. The molecule has 1 aromatic carbocycles. The lowest BCUT2D eigenvalue weighted by Crippen LogP contribution is -2.40. The molecule has 0 aliphatic heterocycles. The highest BCUT2D eigenvalue weighted by Crippen LogP contribution is 2.13. The SMILES string of the molecule is CCNC(=NCC(CCN(C)C)OCC)NCC(CO)c1ccccc1.I. The average Bonchev–Trinajstić information content (AvgIpc) is 2.65. The van der Waals surface area contributed by atoms with Gasteiger partial charge in [0.2, 0.25) is 0 Å². The fourth-order valence-corrected chi connectivity index (χ4v) is 2.63. The molecule has 0 spiro atoms. The molecule has 27 heavy (non-hydrogen) atoms. The summed E-state index contributed by atoms with van der Waals surface area (Å²) in [4.78, 5) is 6.84. The predicted octanol–water partition coefficient (Wildman–Crippen LogP) is 2.29. The van der Waals surface area contributed by atoms with Crippen LogP contribution in [0, 0.1) is 0 Å². The molecule has 1 rings (SSSR count).